The predicted octanol–water partition coefficient (Wildman–Crippen LogP) is 6.46. The first-order valence-electron chi connectivity index (χ1n) is 12.3. The van der Waals surface area contributed by atoms with Gasteiger partial charge >= 0.3 is 5.24 Å². The van der Waals surface area contributed by atoms with E-state index in [4.69, 9.17) is 14.6 Å². The summed E-state index contributed by atoms with van der Waals surface area (Å²) in [4.78, 5) is 24.9. The van der Waals surface area contributed by atoms with Gasteiger partial charge in [0.2, 0.25) is 5.91 Å². The number of hydrogen-bond acceptors (Lipinski definition) is 6. The summed E-state index contributed by atoms with van der Waals surface area (Å²) in [6, 6.07) is 13.3. The maximum Gasteiger partial charge on any atom is 0.302 e. The van der Waals surface area contributed by atoms with Crippen molar-refractivity contribution in [1.82, 2.24) is 5.01 Å². The van der Waals surface area contributed by atoms with Crippen molar-refractivity contribution in [3.05, 3.63) is 53.6 Å². The highest BCUT2D eigenvalue weighted by Crippen LogP contribution is 2.34. The number of carbonyl (C=O) groups is 2. The molecule has 1 heterocycles. The number of hydrogen-bond donors (Lipinski definition) is 1. The molecule has 1 aliphatic heterocycles. The molecule has 1 N–H and O–H groups in total. The molecule has 2 amide bonds. The monoisotopic (exact) mass is 497 g/mol. The van der Waals surface area contributed by atoms with Gasteiger partial charge in [-0.3, -0.25) is 9.59 Å². The van der Waals surface area contributed by atoms with Crippen LogP contribution in [0.15, 0.2) is 47.6 Å². The zero-order valence-corrected chi connectivity index (χ0v) is 21.8. The highest BCUT2D eigenvalue weighted by Gasteiger charge is 2.30. The first kappa shape index (κ1) is 26.6. The second kappa shape index (κ2) is 13.2. The molecule has 2 aromatic carbocycles. The number of nitrogens with zero attached hydrogens (tertiary/aromatic N) is 2. The Labute approximate surface area is 212 Å². The van der Waals surface area contributed by atoms with Crippen LogP contribution in [0.4, 0.5) is 10.5 Å². The van der Waals surface area contributed by atoms with Crippen molar-refractivity contribution in [3.8, 4) is 11.5 Å². The van der Waals surface area contributed by atoms with Crippen LogP contribution in [0, 0.1) is 0 Å². The van der Waals surface area contributed by atoms with Gasteiger partial charge in [-0.1, -0.05) is 50.6 Å². The van der Waals surface area contributed by atoms with Crippen LogP contribution in [-0.2, 0) is 11.3 Å². The number of amides is 2. The fourth-order valence-corrected chi connectivity index (χ4v) is 4.76. The van der Waals surface area contributed by atoms with E-state index >= 15 is 0 Å². The molecular formula is C27H35N3O4S. The summed E-state index contributed by atoms with van der Waals surface area (Å²) in [7, 11) is 1.61. The topological polar surface area (TPSA) is 80.2 Å². The number of thioether (sulfide) groups is 1. The van der Waals surface area contributed by atoms with E-state index in [1.807, 2.05) is 49.4 Å². The number of hydrazone groups is 1. The van der Waals surface area contributed by atoms with E-state index < -0.39 is 0 Å². The van der Waals surface area contributed by atoms with Crippen LogP contribution in [0.3, 0.4) is 0 Å². The predicted molar refractivity (Wildman–Crippen MR) is 143 cm³/mol. The van der Waals surface area contributed by atoms with Gasteiger partial charge in [0, 0.05) is 17.7 Å². The van der Waals surface area contributed by atoms with Crippen molar-refractivity contribution in [1.29, 1.82) is 0 Å². The summed E-state index contributed by atoms with van der Waals surface area (Å²) in [6.45, 7) is 6.98. The van der Waals surface area contributed by atoms with Gasteiger partial charge in [-0.2, -0.15) is 5.10 Å². The molecular weight excluding hydrogens is 462 g/mol. The highest BCUT2D eigenvalue weighted by molar-refractivity contribution is 8.14. The first-order valence-corrected chi connectivity index (χ1v) is 13.1. The van der Waals surface area contributed by atoms with Crippen LogP contribution in [0.25, 0.3) is 0 Å². The minimum absolute atomic E-state index is 0.0274. The standard InChI is InChI=1S/C27H35N3O4S/c1-5-8-9-10-25(31)28-21-14-11-19(12-15-21)18-30-27(32)35-24(6-2)26(29-30)20-13-16-22(33-4)23(17-20)34-7-3/h11-17,24H,5-10,18H2,1-4H3,(H,28,31). The van der Waals surface area contributed by atoms with E-state index in [1.54, 1.807) is 7.11 Å². The van der Waals surface area contributed by atoms with Gasteiger partial charge in [0.25, 0.3) is 0 Å². The molecule has 3 rings (SSSR count). The lowest BCUT2D eigenvalue weighted by Gasteiger charge is -2.28. The molecule has 2 aromatic rings. The van der Waals surface area contributed by atoms with E-state index in [9.17, 15) is 9.59 Å². The van der Waals surface area contributed by atoms with E-state index in [1.165, 1.54) is 16.8 Å². The van der Waals surface area contributed by atoms with Crippen LogP contribution >= 0.6 is 11.8 Å². The Balaban J connectivity index is 1.76. The Morgan fingerprint density at radius 3 is 2.51 bits per heavy atom. The van der Waals surface area contributed by atoms with Crippen molar-refractivity contribution >= 4 is 34.3 Å². The maximum atomic E-state index is 12.8. The Bertz CT molecular complexity index is 1040. The Kier molecular flexibility index (Phi) is 10.0. The molecule has 1 unspecified atom stereocenters. The zero-order valence-electron chi connectivity index (χ0n) is 21.0. The van der Waals surface area contributed by atoms with E-state index in [-0.39, 0.29) is 16.4 Å². The van der Waals surface area contributed by atoms with Crippen LogP contribution in [0.5, 0.6) is 11.5 Å². The van der Waals surface area contributed by atoms with Crippen LogP contribution in [0.2, 0.25) is 0 Å². The number of carbonyl (C=O) groups excluding carboxylic acids is 2. The second-order valence-corrected chi connectivity index (χ2v) is 9.48. The largest absolute Gasteiger partial charge is 0.493 e. The lowest BCUT2D eigenvalue weighted by molar-refractivity contribution is -0.116. The number of rotatable bonds is 12. The summed E-state index contributed by atoms with van der Waals surface area (Å²) in [5.41, 5.74) is 3.45. The first-order chi connectivity index (χ1) is 17.0. The van der Waals surface area contributed by atoms with Crippen molar-refractivity contribution < 1.29 is 19.1 Å². The molecule has 0 saturated carbocycles. The van der Waals surface area contributed by atoms with Gasteiger partial charge in [-0.25, -0.2) is 5.01 Å². The van der Waals surface area contributed by atoms with Crippen LogP contribution in [0.1, 0.15) is 64.0 Å². The summed E-state index contributed by atoms with van der Waals surface area (Å²) < 4.78 is 11.1. The average molecular weight is 498 g/mol. The molecule has 35 heavy (non-hydrogen) atoms. The van der Waals surface area contributed by atoms with Gasteiger partial charge < -0.3 is 14.8 Å². The van der Waals surface area contributed by atoms with Gasteiger partial charge in [0.05, 0.1) is 31.2 Å². The Morgan fingerprint density at radius 1 is 1.09 bits per heavy atom. The number of nitrogens with one attached hydrogen (secondary N) is 1. The molecule has 0 spiro atoms. The zero-order chi connectivity index (χ0) is 25.2. The number of ether oxygens (including phenoxy) is 2. The lowest BCUT2D eigenvalue weighted by atomic mass is 10.0. The number of unbranched alkanes of at least 4 members (excludes halogenated alkanes) is 2. The minimum atomic E-state index is -0.0764. The third kappa shape index (κ3) is 7.24. The van der Waals surface area contributed by atoms with E-state index in [0.29, 0.717) is 31.1 Å². The van der Waals surface area contributed by atoms with Gasteiger partial charge in [0.1, 0.15) is 0 Å². The maximum absolute atomic E-state index is 12.8. The van der Waals surface area contributed by atoms with Crippen molar-refractivity contribution in [2.75, 3.05) is 19.0 Å². The molecule has 1 atom stereocenters. The normalized spacial score (nSPS) is 15.5. The molecule has 7 nitrogen and oxygen atoms in total. The number of anilines is 1. The third-order valence-electron chi connectivity index (χ3n) is 5.69. The average Bonchev–Trinajstić information content (AvgIpc) is 2.86. The third-order valence-corrected chi connectivity index (χ3v) is 6.95. The van der Waals surface area contributed by atoms with E-state index in [2.05, 4.69) is 19.2 Å². The molecule has 0 bridgehead atoms. The molecule has 0 aromatic heterocycles. The summed E-state index contributed by atoms with van der Waals surface area (Å²) in [5.74, 6) is 1.35. The molecule has 0 radical (unpaired) electrons. The summed E-state index contributed by atoms with van der Waals surface area (Å²) in [6.07, 6.45) is 4.35. The second-order valence-electron chi connectivity index (χ2n) is 8.32. The molecule has 8 heteroatoms. The molecule has 0 saturated heterocycles. The minimum Gasteiger partial charge on any atom is -0.493 e. The SMILES string of the molecule is CCCCCC(=O)Nc1ccc(CN2N=C(c3ccc(OC)c(OCC)c3)C(CC)SC2=O)cc1. The summed E-state index contributed by atoms with van der Waals surface area (Å²) >= 11 is 1.29. The molecule has 188 valence electrons. The van der Waals surface area contributed by atoms with Gasteiger partial charge in [-0.05, 0) is 55.7 Å². The molecule has 1 aliphatic rings. The van der Waals surface area contributed by atoms with E-state index in [0.717, 1.165) is 48.2 Å². The van der Waals surface area contributed by atoms with Crippen molar-refractivity contribution in [3.63, 3.8) is 0 Å². The Hall–Kier alpha value is -3.00. The fraction of sp³-hybridized carbons (Fsp3) is 0.444. The summed E-state index contributed by atoms with van der Waals surface area (Å²) in [5, 5.41) is 9.09. The lowest BCUT2D eigenvalue weighted by Crippen LogP contribution is -2.34. The fourth-order valence-electron chi connectivity index (χ4n) is 3.82. The van der Waals surface area contributed by atoms with Crippen molar-refractivity contribution in [2.24, 2.45) is 5.10 Å². The smallest absolute Gasteiger partial charge is 0.302 e. The van der Waals surface area contributed by atoms with Crippen LogP contribution < -0.4 is 14.8 Å². The van der Waals surface area contributed by atoms with Gasteiger partial charge in [0.15, 0.2) is 11.5 Å². The Morgan fingerprint density at radius 2 is 1.86 bits per heavy atom. The quantitative estimate of drug-likeness (QED) is 0.340. The molecule has 0 aliphatic carbocycles. The van der Waals surface area contributed by atoms with Crippen molar-refractivity contribution in [2.45, 2.75) is 64.7 Å². The molecule has 0 fully saturated rings. The van der Waals surface area contributed by atoms with Gasteiger partial charge in [-0.15, -0.1) is 0 Å². The number of methoxy groups -OCH3 is 1. The highest BCUT2D eigenvalue weighted by atomic mass is 32.2. The number of benzene rings is 2. The van der Waals surface area contributed by atoms with Crippen LogP contribution in [-0.4, -0.2) is 40.8 Å².